The van der Waals surface area contributed by atoms with Crippen molar-refractivity contribution in [1.82, 2.24) is 9.62 Å². The molecule has 1 fully saturated rings. The molecule has 8 heteroatoms. The predicted molar refractivity (Wildman–Crippen MR) is 112 cm³/mol. The fourth-order valence-corrected chi connectivity index (χ4v) is 5.09. The molecule has 1 amide bonds. The number of carbonyl (C=O) groups excluding carboxylic acids is 1. The second-order valence-corrected chi connectivity index (χ2v) is 9.69. The number of nitrogens with one attached hydrogen (secondary N) is 1. The van der Waals surface area contributed by atoms with Gasteiger partial charge in [0.2, 0.25) is 5.91 Å². The van der Waals surface area contributed by atoms with Crippen molar-refractivity contribution in [1.29, 1.82) is 0 Å². The molecular formula is C20H27N3O3S2. The van der Waals surface area contributed by atoms with E-state index < -0.39 is 10.2 Å². The van der Waals surface area contributed by atoms with Crippen LogP contribution in [-0.4, -0.2) is 31.7 Å². The summed E-state index contributed by atoms with van der Waals surface area (Å²) in [6.07, 6.45) is 3.10. The summed E-state index contributed by atoms with van der Waals surface area (Å²) in [6, 6.07) is 12.2. The van der Waals surface area contributed by atoms with Gasteiger partial charge in [-0.05, 0) is 41.8 Å². The van der Waals surface area contributed by atoms with Crippen LogP contribution in [0.2, 0.25) is 0 Å². The van der Waals surface area contributed by atoms with E-state index in [0.29, 0.717) is 12.8 Å². The predicted octanol–water partition coefficient (Wildman–Crippen LogP) is 2.82. The minimum absolute atomic E-state index is 0.0369. The number of aryl methyl sites for hydroxylation is 1. The van der Waals surface area contributed by atoms with Crippen molar-refractivity contribution >= 4 is 27.5 Å². The Morgan fingerprint density at radius 1 is 1.25 bits per heavy atom. The van der Waals surface area contributed by atoms with Crippen molar-refractivity contribution in [2.45, 2.75) is 38.6 Å². The summed E-state index contributed by atoms with van der Waals surface area (Å²) in [5, 5.41) is 10.4. The van der Waals surface area contributed by atoms with Gasteiger partial charge in [0.25, 0.3) is 10.2 Å². The first-order valence-corrected chi connectivity index (χ1v) is 12.0. The van der Waals surface area contributed by atoms with Gasteiger partial charge in [-0.25, -0.2) is 5.14 Å². The van der Waals surface area contributed by atoms with Crippen LogP contribution in [0.5, 0.6) is 0 Å². The minimum Gasteiger partial charge on any atom is -0.344 e. The highest BCUT2D eigenvalue weighted by Gasteiger charge is 2.30. The van der Waals surface area contributed by atoms with Crippen molar-refractivity contribution in [2.24, 2.45) is 11.1 Å². The number of amides is 1. The van der Waals surface area contributed by atoms with Gasteiger partial charge in [0.05, 0.1) is 6.04 Å². The second kappa shape index (κ2) is 9.17. The summed E-state index contributed by atoms with van der Waals surface area (Å²) in [7, 11) is -3.68. The van der Waals surface area contributed by atoms with Crippen molar-refractivity contribution in [3.8, 4) is 0 Å². The number of hydrogen-bond acceptors (Lipinski definition) is 4. The molecule has 1 atom stereocenters. The summed E-state index contributed by atoms with van der Waals surface area (Å²) < 4.78 is 24.2. The molecule has 1 saturated heterocycles. The molecule has 152 valence electrons. The molecule has 2 aromatic rings. The molecule has 1 aliphatic heterocycles. The average Bonchev–Trinajstić information content (AvgIpc) is 3.21. The van der Waals surface area contributed by atoms with Gasteiger partial charge in [0.1, 0.15) is 0 Å². The molecule has 0 aliphatic carbocycles. The van der Waals surface area contributed by atoms with Gasteiger partial charge in [0.15, 0.2) is 0 Å². The lowest BCUT2D eigenvalue weighted by molar-refractivity contribution is -0.126. The Kier molecular flexibility index (Phi) is 6.87. The fourth-order valence-electron chi connectivity index (χ4n) is 3.57. The van der Waals surface area contributed by atoms with Crippen molar-refractivity contribution in [3.63, 3.8) is 0 Å². The fraction of sp³-hybridized carbons (Fsp3) is 0.450. The molecule has 0 saturated carbocycles. The zero-order valence-electron chi connectivity index (χ0n) is 16.0. The zero-order valence-corrected chi connectivity index (χ0v) is 17.6. The van der Waals surface area contributed by atoms with E-state index in [1.165, 1.54) is 9.87 Å². The number of nitrogens with two attached hydrogens (primary N) is 1. The van der Waals surface area contributed by atoms with Gasteiger partial charge >= 0.3 is 0 Å². The lowest BCUT2D eigenvalue weighted by Gasteiger charge is -2.30. The normalized spacial score (nSPS) is 17.4. The number of nitrogens with zero attached hydrogens (tertiary/aromatic N) is 1. The third-order valence-electron chi connectivity index (χ3n) is 5.15. The minimum atomic E-state index is -3.68. The molecule has 0 spiro atoms. The SMILES string of the molecule is CCCc1ccc(C(NC(=O)C2CCN(S(N)(=O)=O)CC2)c2cccs2)cc1. The Morgan fingerprint density at radius 3 is 2.46 bits per heavy atom. The molecule has 28 heavy (non-hydrogen) atoms. The Bertz CT molecular complexity index is 872. The second-order valence-electron chi connectivity index (χ2n) is 7.17. The first-order valence-electron chi connectivity index (χ1n) is 9.59. The number of piperidine rings is 1. The summed E-state index contributed by atoms with van der Waals surface area (Å²) in [5.41, 5.74) is 2.34. The van der Waals surface area contributed by atoms with E-state index in [2.05, 4.69) is 36.5 Å². The number of hydrogen-bond donors (Lipinski definition) is 2. The van der Waals surface area contributed by atoms with Gasteiger partial charge in [-0.2, -0.15) is 12.7 Å². The Labute approximate surface area is 170 Å². The quantitative estimate of drug-likeness (QED) is 0.720. The van der Waals surface area contributed by atoms with E-state index in [1.54, 1.807) is 11.3 Å². The smallest absolute Gasteiger partial charge is 0.276 e. The third kappa shape index (κ3) is 5.20. The van der Waals surface area contributed by atoms with Crippen LogP contribution in [0.1, 0.15) is 48.2 Å². The zero-order chi connectivity index (χ0) is 20.1. The topological polar surface area (TPSA) is 92.5 Å². The largest absolute Gasteiger partial charge is 0.344 e. The highest BCUT2D eigenvalue weighted by atomic mass is 32.2. The van der Waals surface area contributed by atoms with Gasteiger partial charge in [-0.3, -0.25) is 4.79 Å². The monoisotopic (exact) mass is 421 g/mol. The standard InChI is InChI=1S/C20H27N3O3S2/c1-2-4-15-6-8-16(9-7-15)19(18-5-3-14-27-18)22-20(24)17-10-12-23(13-11-17)28(21,25)26/h3,5-9,14,17,19H,2,4,10-13H2,1H3,(H,22,24)(H2,21,25,26). The Morgan fingerprint density at radius 2 is 1.93 bits per heavy atom. The molecule has 3 rings (SSSR count). The first-order chi connectivity index (χ1) is 13.4. The van der Waals surface area contributed by atoms with Crippen LogP contribution in [0, 0.1) is 5.92 Å². The van der Waals surface area contributed by atoms with E-state index in [-0.39, 0.29) is 31.0 Å². The van der Waals surface area contributed by atoms with E-state index in [9.17, 15) is 13.2 Å². The molecule has 0 bridgehead atoms. The molecule has 3 N–H and O–H groups in total. The maximum atomic E-state index is 12.9. The Hall–Kier alpha value is -1.74. The molecule has 1 aromatic heterocycles. The lowest BCUT2D eigenvalue weighted by atomic mass is 9.95. The van der Waals surface area contributed by atoms with Crippen LogP contribution in [-0.2, 0) is 21.4 Å². The summed E-state index contributed by atoms with van der Waals surface area (Å²) in [6.45, 7) is 2.72. The van der Waals surface area contributed by atoms with Crippen molar-refractivity contribution in [2.75, 3.05) is 13.1 Å². The van der Waals surface area contributed by atoms with Gasteiger partial charge < -0.3 is 5.32 Å². The van der Waals surface area contributed by atoms with Crippen molar-refractivity contribution < 1.29 is 13.2 Å². The van der Waals surface area contributed by atoms with Gasteiger partial charge in [0, 0.05) is 23.9 Å². The maximum Gasteiger partial charge on any atom is 0.276 e. The highest BCUT2D eigenvalue weighted by Crippen LogP contribution is 2.28. The number of rotatable bonds is 7. The lowest BCUT2D eigenvalue weighted by Crippen LogP contribution is -2.45. The number of benzene rings is 1. The van der Waals surface area contributed by atoms with Crippen LogP contribution >= 0.6 is 11.3 Å². The molecule has 6 nitrogen and oxygen atoms in total. The molecule has 1 unspecified atom stereocenters. The summed E-state index contributed by atoms with van der Waals surface area (Å²) in [5.74, 6) is -0.245. The number of carbonyl (C=O) groups is 1. The van der Waals surface area contributed by atoms with E-state index in [0.717, 1.165) is 23.3 Å². The van der Waals surface area contributed by atoms with Gasteiger partial charge in [-0.15, -0.1) is 11.3 Å². The maximum absolute atomic E-state index is 12.9. The average molecular weight is 422 g/mol. The first kappa shape index (κ1) is 21.0. The molecule has 1 aliphatic rings. The van der Waals surface area contributed by atoms with Crippen LogP contribution in [0.15, 0.2) is 41.8 Å². The van der Waals surface area contributed by atoms with Crippen LogP contribution in [0.25, 0.3) is 0 Å². The van der Waals surface area contributed by atoms with Crippen LogP contribution in [0.4, 0.5) is 0 Å². The third-order valence-corrected chi connectivity index (χ3v) is 7.17. The number of thiophene rings is 1. The van der Waals surface area contributed by atoms with Crippen molar-refractivity contribution in [3.05, 3.63) is 57.8 Å². The van der Waals surface area contributed by atoms with E-state index >= 15 is 0 Å². The van der Waals surface area contributed by atoms with Gasteiger partial charge in [-0.1, -0.05) is 43.7 Å². The van der Waals surface area contributed by atoms with Crippen LogP contribution < -0.4 is 10.5 Å². The molecule has 0 radical (unpaired) electrons. The van der Waals surface area contributed by atoms with E-state index in [4.69, 9.17) is 5.14 Å². The summed E-state index contributed by atoms with van der Waals surface area (Å²) >= 11 is 1.61. The van der Waals surface area contributed by atoms with Crippen LogP contribution in [0.3, 0.4) is 0 Å². The molecular weight excluding hydrogens is 394 g/mol. The molecule has 2 heterocycles. The van der Waals surface area contributed by atoms with E-state index in [1.807, 2.05) is 17.5 Å². The highest BCUT2D eigenvalue weighted by molar-refractivity contribution is 7.86. The summed E-state index contributed by atoms with van der Waals surface area (Å²) in [4.78, 5) is 14.0. The molecule has 1 aromatic carbocycles. The Balaban J connectivity index is 1.71.